The second-order valence-electron chi connectivity index (χ2n) is 9.93. The molecule has 2 aliphatic rings. The summed E-state index contributed by atoms with van der Waals surface area (Å²) in [6, 6.07) is -0.616. The number of aliphatic hydroxyl groups is 1. The monoisotopic (exact) mass is 553 g/mol. The van der Waals surface area contributed by atoms with Crippen molar-refractivity contribution in [3.05, 3.63) is 24.8 Å². The summed E-state index contributed by atoms with van der Waals surface area (Å²) in [6.07, 6.45) is 12.4. The molecule has 9 heteroatoms. The summed E-state index contributed by atoms with van der Waals surface area (Å²) in [6.45, 7) is 16.9. The van der Waals surface area contributed by atoms with Gasteiger partial charge in [0.2, 0.25) is 5.91 Å². The highest BCUT2D eigenvalue weighted by Gasteiger charge is 2.42. The third kappa shape index (κ3) is 16.8. The minimum absolute atomic E-state index is 0.130. The molecule has 0 aromatic carbocycles. The second-order valence-corrected chi connectivity index (χ2v) is 9.93. The van der Waals surface area contributed by atoms with Gasteiger partial charge in [0.1, 0.15) is 18.2 Å². The lowest BCUT2D eigenvalue weighted by Crippen LogP contribution is -2.46. The molecule has 2 rings (SSSR count). The zero-order chi connectivity index (χ0) is 30.4. The maximum atomic E-state index is 12.8. The Labute approximate surface area is 237 Å². The van der Waals surface area contributed by atoms with E-state index in [9.17, 15) is 14.4 Å². The number of ether oxygens (including phenoxy) is 2. The number of alkyl carbamates (subject to hydrolysis) is 1. The lowest BCUT2D eigenvalue weighted by molar-refractivity contribution is -0.136. The lowest BCUT2D eigenvalue weighted by Gasteiger charge is -2.23. The zero-order valence-electron chi connectivity index (χ0n) is 25.9. The number of methoxy groups -OCH3 is 1. The lowest BCUT2D eigenvalue weighted by atomic mass is 10.2. The number of aliphatic imine (C=N–C) groups is 1. The number of carbonyl (C=O) groups is 3. The zero-order valence-corrected chi connectivity index (χ0v) is 25.9. The van der Waals surface area contributed by atoms with Crippen LogP contribution in [0.25, 0.3) is 0 Å². The van der Waals surface area contributed by atoms with E-state index in [0.29, 0.717) is 24.8 Å². The van der Waals surface area contributed by atoms with E-state index in [-0.39, 0.29) is 24.3 Å². The van der Waals surface area contributed by atoms with Crippen molar-refractivity contribution in [1.29, 1.82) is 0 Å². The van der Waals surface area contributed by atoms with E-state index in [1.54, 1.807) is 26.8 Å². The minimum atomic E-state index is -0.657. The molecule has 0 bridgehead atoms. The second kappa shape index (κ2) is 22.2. The number of unbranched alkanes of at least 4 members (excludes halogenated alkanes) is 3. The van der Waals surface area contributed by atoms with Crippen molar-refractivity contribution in [1.82, 2.24) is 10.2 Å². The smallest absolute Gasteiger partial charge is 0.408 e. The SMILES string of the molecule is C=CC.CC.CCCCC/C=C\[C@@H]1C[C@@H]1C(=NC(=O)[C@@H]1CCCN1C(=O)CNC(=O)OC(C)(C)C)OC.CO. The van der Waals surface area contributed by atoms with E-state index in [4.69, 9.17) is 14.6 Å². The Morgan fingerprint density at radius 3 is 2.33 bits per heavy atom. The van der Waals surface area contributed by atoms with Gasteiger partial charge in [0, 0.05) is 19.6 Å². The van der Waals surface area contributed by atoms with Gasteiger partial charge in [-0.2, -0.15) is 4.99 Å². The molecule has 3 atom stereocenters. The number of hydrogen-bond acceptors (Lipinski definition) is 6. The van der Waals surface area contributed by atoms with Crippen molar-refractivity contribution >= 4 is 23.8 Å². The van der Waals surface area contributed by atoms with Crippen molar-refractivity contribution in [3.8, 4) is 0 Å². The first-order chi connectivity index (χ1) is 18.6. The van der Waals surface area contributed by atoms with Crippen LogP contribution >= 0.6 is 0 Å². The Hall–Kier alpha value is -2.68. The van der Waals surface area contributed by atoms with E-state index < -0.39 is 17.7 Å². The quantitative estimate of drug-likeness (QED) is 0.164. The van der Waals surface area contributed by atoms with Crippen LogP contribution in [0, 0.1) is 11.8 Å². The van der Waals surface area contributed by atoms with Crippen LogP contribution in [-0.2, 0) is 19.1 Å². The number of carbonyl (C=O) groups excluding carboxylic acids is 3. The Morgan fingerprint density at radius 1 is 1.18 bits per heavy atom. The number of amides is 3. The van der Waals surface area contributed by atoms with Gasteiger partial charge in [0.15, 0.2) is 5.90 Å². The van der Waals surface area contributed by atoms with Crippen LogP contribution in [-0.4, -0.2) is 72.8 Å². The van der Waals surface area contributed by atoms with Gasteiger partial charge in [-0.3, -0.25) is 9.59 Å². The Morgan fingerprint density at radius 2 is 1.79 bits per heavy atom. The van der Waals surface area contributed by atoms with Gasteiger partial charge in [-0.15, -0.1) is 6.58 Å². The standard InChI is InChI=1S/C24H39N3O5.C3H6.C2H6.CH4O/c1-6-7-8-9-10-12-17-15-18(17)22(31-5)26-21(29)19-13-11-14-27(19)20(28)16-25-23(30)32-24(2,3)4;1-3-2;2*1-2/h10,12,17-19H,6-9,11,13-16H2,1-5H3,(H,25,30);3H,1H2,2H3;1-2H3;2H,1H3/b12-10-,26-22?;;;/t17-,18+,19+;;;/m1.../s1. The molecular weight excluding hydrogens is 498 g/mol. The first kappa shape index (κ1) is 38.5. The summed E-state index contributed by atoms with van der Waals surface area (Å²) in [7, 11) is 2.54. The Kier molecular flexibility index (Phi) is 21.9. The summed E-state index contributed by atoms with van der Waals surface area (Å²) >= 11 is 0. The largest absolute Gasteiger partial charge is 0.484 e. The third-order valence-corrected chi connectivity index (χ3v) is 5.59. The molecule has 1 aliphatic carbocycles. The van der Waals surface area contributed by atoms with E-state index >= 15 is 0 Å². The number of allylic oxidation sites excluding steroid dienone is 3. The molecule has 0 aromatic rings. The van der Waals surface area contributed by atoms with Crippen LogP contribution in [0.3, 0.4) is 0 Å². The topological polar surface area (TPSA) is 118 Å². The van der Waals surface area contributed by atoms with Gasteiger partial charge in [0.25, 0.3) is 5.91 Å². The van der Waals surface area contributed by atoms with E-state index in [1.165, 1.54) is 31.3 Å². The van der Waals surface area contributed by atoms with Crippen LogP contribution in [0.5, 0.6) is 0 Å². The maximum absolute atomic E-state index is 12.8. The van der Waals surface area contributed by atoms with Gasteiger partial charge in [-0.1, -0.05) is 51.8 Å². The molecule has 3 amide bonds. The molecule has 0 radical (unpaired) electrons. The van der Waals surface area contributed by atoms with Crippen LogP contribution in [0.15, 0.2) is 29.8 Å². The molecule has 0 unspecified atom stereocenters. The van der Waals surface area contributed by atoms with Crippen LogP contribution in [0.4, 0.5) is 4.79 Å². The molecule has 2 fully saturated rings. The first-order valence-electron chi connectivity index (χ1n) is 14.2. The molecule has 226 valence electrons. The molecule has 2 N–H and O–H groups in total. The average Bonchev–Trinajstić information content (AvgIpc) is 3.49. The van der Waals surface area contributed by atoms with Crippen LogP contribution in [0.2, 0.25) is 0 Å². The Balaban J connectivity index is 0. The highest BCUT2D eigenvalue weighted by molar-refractivity contribution is 5.98. The fraction of sp³-hybridized carbons (Fsp3) is 0.733. The number of aliphatic hydroxyl groups excluding tert-OH is 1. The summed E-state index contributed by atoms with van der Waals surface area (Å²) < 4.78 is 10.6. The van der Waals surface area contributed by atoms with Gasteiger partial charge >= 0.3 is 6.09 Å². The molecule has 1 saturated heterocycles. The molecule has 1 heterocycles. The van der Waals surface area contributed by atoms with Gasteiger partial charge < -0.3 is 24.8 Å². The van der Waals surface area contributed by atoms with Crippen LogP contribution in [0.1, 0.15) is 93.4 Å². The molecule has 9 nitrogen and oxygen atoms in total. The third-order valence-electron chi connectivity index (χ3n) is 5.59. The van der Waals surface area contributed by atoms with E-state index in [1.807, 2.05) is 20.8 Å². The molecule has 0 spiro atoms. The average molecular weight is 554 g/mol. The van der Waals surface area contributed by atoms with E-state index in [0.717, 1.165) is 26.4 Å². The Bertz CT molecular complexity index is 773. The highest BCUT2D eigenvalue weighted by atomic mass is 16.6. The molecule has 1 aliphatic heterocycles. The van der Waals surface area contributed by atoms with Gasteiger partial charge in [0.05, 0.1) is 7.11 Å². The number of nitrogens with one attached hydrogen (secondary N) is 1. The summed E-state index contributed by atoms with van der Waals surface area (Å²) in [5.41, 5.74) is -0.643. The fourth-order valence-electron chi connectivity index (χ4n) is 3.84. The highest BCUT2D eigenvalue weighted by Crippen LogP contribution is 2.41. The van der Waals surface area contributed by atoms with Crippen molar-refractivity contribution in [2.75, 3.05) is 27.3 Å². The normalized spacial score (nSPS) is 19.8. The van der Waals surface area contributed by atoms with E-state index in [2.05, 4.69) is 36.0 Å². The van der Waals surface area contributed by atoms with Gasteiger partial charge in [-0.05, 0) is 65.7 Å². The van der Waals surface area contributed by atoms with Crippen molar-refractivity contribution in [2.45, 2.75) is 105 Å². The first-order valence-corrected chi connectivity index (χ1v) is 14.2. The van der Waals surface area contributed by atoms with Crippen molar-refractivity contribution in [2.24, 2.45) is 16.8 Å². The summed E-state index contributed by atoms with van der Waals surface area (Å²) in [4.78, 5) is 43.0. The molecule has 39 heavy (non-hydrogen) atoms. The number of likely N-dealkylation sites (tertiary alicyclic amines) is 1. The van der Waals surface area contributed by atoms with Crippen molar-refractivity contribution in [3.63, 3.8) is 0 Å². The summed E-state index contributed by atoms with van der Waals surface area (Å²) in [5.74, 6) is 0.264. The number of nitrogens with zero attached hydrogens (tertiary/aromatic N) is 2. The fourth-order valence-corrected chi connectivity index (χ4v) is 3.84. The maximum Gasteiger partial charge on any atom is 0.408 e. The predicted octanol–water partition coefficient (Wildman–Crippen LogP) is 5.67. The number of hydrogen-bond donors (Lipinski definition) is 2. The molecule has 1 saturated carbocycles. The predicted molar refractivity (Wildman–Crippen MR) is 159 cm³/mol. The summed E-state index contributed by atoms with van der Waals surface area (Å²) in [5, 5.41) is 9.46. The number of rotatable bonds is 9. The van der Waals surface area contributed by atoms with Crippen LogP contribution < -0.4 is 5.32 Å². The molecule has 0 aromatic heterocycles. The van der Waals surface area contributed by atoms with Gasteiger partial charge in [-0.25, -0.2) is 4.79 Å². The molecular formula is C30H55N3O6. The van der Waals surface area contributed by atoms with Crippen molar-refractivity contribution < 1.29 is 29.0 Å². The minimum Gasteiger partial charge on any atom is -0.484 e.